The molecule has 1 fully saturated rings. The largest absolute Gasteiger partial charge is 0.466 e. The number of unbranched alkanes of at least 4 members (excludes halogenated alkanes) is 24. The molecule has 0 spiro atoms. The molecule has 0 aromatic heterocycles. The summed E-state index contributed by atoms with van der Waals surface area (Å²) in [5.41, 5.74) is 0. The predicted molar refractivity (Wildman–Crippen MR) is 291 cm³/mol. The van der Waals surface area contributed by atoms with Gasteiger partial charge in [0.15, 0.2) is 0 Å². The molecule has 66 heavy (non-hydrogen) atoms. The first-order chi connectivity index (χ1) is 32.4. The summed E-state index contributed by atoms with van der Waals surface area (Å²) in [5, 5.41) is 0. The van der Waals surface area contributed by atoms with Crippen molar-refractivity contribution in [2.75, 3.05) is 78.6 Å². The fourth-order valence-electron chi connectivity index (χ4n) is 9.70. The van der Waals surface area contributed by atoms with Crippen molar-refractivity contribution in [3.05, 3.63) is 0 Å². The van der Waals surface area contributed by atoms with E-state index in [1.165, 1.54) is 193 Å². The van der Waals surface area contributed by atoms with Gasteiger partial charge in [-0.1, -0.05) is 209 Å². The minimum absolute atomic E-state index is 0.0328. The highest BCUT2D eigenvalue weighted by Crippen LogP contribution is 2.23. The van der Waals surface area contributed by atoms with E-state index in [4.69, 9.17) is 4.74 Å². The van der Waals surface area contributed by atoms with E-state index < -0.39 is 0 Å². The van der Waals surface area contributed by atoms with Crippen LogP contribution in [0.15, 0.2) is 0 Å². The Morgan fingerprint density at radius 3 is 1.20 bits per heavy atom. The van der Waals surface area contributed by atoms with Crippen molar-refractivity contribution in [3.8, 4) is 0 Å². The smallest absolute Gasteiger partial charge is 0.305 e. The van der Waals surface area contributed by atoms with Gasteiger partial charge in [-0.2, -0.15) is 0 Å². The summed E-state index contributed by atoms with van der Waals surface area (Å²) in [6.07, 6.45) is 46.9. The molecule has 0 aromatic rings. The lowest BCUT2D eigenvalue weighted by atomic mass is 9.92. The van der Waals surface area contributed by atoms with Crippen molar-refractivity contribution in [2.24, 2.45) is 5.92 Å². The molecule has 0 aromatic carbocycles. The van der Waals surface area contributed by atoms with Crippen LogP contribution in [-0.4, -0.2) is 110 Å². The Hall–Kier alpha value is -1.18. The lowest BCUT2D eigenvalue weighted by molar-refractivity contribution is -0.144. The van der Waals surface area contributed by atoms with Gasteiger partial charge in [0.05, 0.1) is 6.61 Å². The standard InChI is InChI=1S/C52H104N4O3.C7H16/c1-6-11-15-18-21-24-27-39-54(40-28-25-22-19-16-12-7-2)47-48-55(41-29-26-23-20-17-13-8-3)44-37-51(57)56-45-35-50(36-46-56)33-31-42-53(38-10-5)43-32-34-52(58)59-49-30-14-9-4;1-3-5-7-6-4-2/h50H,6-49H2,1-5H3;3-7H2,1-2H3. The molecular weight excluding hydrogens is 813 g/mol. The molecule has 0 N–H and O–H groups in total. The second-order valence-corrected chi connectivity index (χ2v) is 20.7. The molecule has 0 atom stereocenters. The molecule has 1 amide bonds. The third-order valence-corrected chi connectivity index (χ3v) is 14.3. The zero-order valence-corrected chi connectivity index (χ0v) is 46.2. The number of hydrogen-bond acceptors (Lipinski definition) is 6. The topological polar surface area (TPSA) is 56.3 Å². The molecule has 1 heterocycles. The molecule has 0 aliphatic carbocycles. The van der Waals surface area contributed by atoms with Crippen molar-refractivity contribution < 1.29 is 14.3 Å². The number of piperidine rings is 1. The van der Waals surface area contributed by atoms with E-state index in [1.807, 2.05) is 0 Å². The molecule has 0 saturated carbocycles. The first-order valence-corrected chi connectivity index (χ1v) is 30.0. The summed E-state index contributed by atoms with van der Waals surface area (Å²) < 4.78 is 5.41. The summed E-state index contributed by atoms with van der Waals surface area (Å²) in [7, 11) is 0. The summed E-state index contributed by atoms with van der Waals surface area (Å²) in [6.45, 7) is 28.3. The second-order valence-electron chi connectivity index (χ2n) is 20.7. The molecule has 394 valence electrons. The molecule has 0 bridgehead atoms. The number of ether oxygens (including phenoxy) is 1. The van der Waals surface area contributed by atoms with E-state index in [2.05, 4.69) is 68.1 Å². The minimum Gasteiger partial charge on any atom is -0.466 e. The second kappa shape index (κ2) is 51.7. The molecule has 0 unspecified atom stereocenters. The number of nitrogens with zero attached hydrogens (tertiary/aromatic N) is 4. The molecule has 7 heteroatoms. The van der Waals surface area contributed by atoms with Crippen LogP contribution in [0.5, 0.6) is 0 Å². The van der Waals surface area contributed by atoms with Crippen molar-refractivity contribution >= 4 is 11.9 Å². The normalized spacial score (nSPS) is 13.3. The van der Waals surface area contributed by atoms with Crippen molar-refractivity contribution in [1.82, 2.24) is 19.6 Å². The van der Waals surface area contributed by atoms with Gasteiger partial charge in [-0.25, -0.2) is 0 Å². The van der Waals surface area contributed by atoms with Crippen LogP contribution in [0.2, 0.25) is 0 Å². The van der Waals surface area contributed by atoms with Crippen LogP contribution >= 0.6 is 0 Å². The van der Waals surface area contributed by atoms with E-state index in [1.54, 1.807) is 0 Å². The Bertz CT molecular complexity index is 966. The van der Waals surface area contributed by atoms with E-state index in [-0.39, 0.29) is 5.97 Å². The maximum Gasteiger partial charge on any atom is 0.305 e. The van der Waals surface area contributed by atoms with E-state index in [9.17, 15) is 9.59 Å². The fraction of sp³-hybridized carbons (Fsp3) is 0.966. The Balaban J connectivity index is 0.00000554. The van der Waals surface area contributed by atoms with Gasteiger partial charge in [-0.05, 0) is 109 Å². The summed E-state index contributed by atoms with van der Waals surface area (Å²) in [5.74, 6) is 1.08. The van der Waals surface area contributed by atoms with Gasteiger partial charge >= 0.3 is 5.97 Å². The maximum atomic E-state index is 13.6. The SMILES string of the molecule is CCCCCCC.CCCCCCCCCN(CCCCCCCCC)CCN(CCCCCCCCC)CCC(=O)N1CCC(CCCN(CCC)CCCC(=O)OCCCCC)CC1. The lowest BCUT2D eigenvalue weighted by Gasteiger charge is -2.33. The molecule has 1 rings (SSSR count). The van der Waals surface area contributed by atoms with Crippen molar-refractivity contribution in [2.45, 2.75) is 286 Å². The van der Waals surface area contributed by atoms with Crippen molar-refractivity contribution in [1.29, 1.82) is 0 Å². The molecular formula is C59H120N4O3. The van der Waals surface area contributed by atoms with Crippen LogP contribution in [0.25, 0.3) is 0 Å². The quantitative estimate of drug-likeness (QED) is 0.0448. The molecule has 1 aliphatic heterocycles. The minimum atomic E-state index is -0.0328. The van der Waals surface area contributed by atoms with Crippen LogP contribution in [-0.2, 0) is 14.3 Å². The number of hydrogen-bond donors (Lipinski definition) is 0. The number of amides is 1. The molecule has 7 nitrogen and oxygen atoms in total. The van der Waals surface area contributed by atoms with Gasteiger partial charge < -0.3 is 24.3 Å². The summed E-state index contributed by atoms with van der Waals surface area (Å²) in [6, 6.07) is 0. The Labute approximate surface area is 414 Å². The maximum absolute atomic E-state index is 13.6. The van der Waals surface area contributed by atoms with Gasteiger partial charge in [0.25, 0.3) is 0 Å². The average Bonchev–Trinajstić information content (AvgIpc) is 3.32. The molecule has 1 aliphatic rings. The van der Waals surface area contributed by atoms with E-state index in [0.717, 1.165) is 110 Å². The van der Waals surface area contributed by atoms with Gasteiger partial charge in [0, 0.05) is 45.6 Å². The monoisotopic (exact) mass is 933 g/mol. The highest BCUT2D eigenvalue weighted by atomic mass is 16.5. The zero-order chi connectivity index (χ0) is 48.4. The molecule has 0 radical (unpaired) electrons. The first kappa shape index (κ1) is 64.8. The van der Waals surface area contributed by atoms with Crippen LogP contribution in [0.4, 0.5) is 0 Å². The van der Waals surface area contributed by atoms with Crippen LogP contribution < -0.4 is 0 Å². The number of rotatable bonds is 48. The first-order valence-electron chi connectivity index (χ1n) is 30.0. The number of esters is 1. The summed E-state index contributed by atoms with van der Waals surface area (Å²) in [4.78, 5) is 35.9. The third-order valence-electron chi connectivity index (χ3n) is 14.3. The van der Waals surface area contributed by atoms with Crippen LogP contribution in [0.3, 0.4) is 0 Å². The van der Waals surface area contributed by atoms with Crippen LogP contribution in [0, 0.1) is 5.92 Å². The Kier molecular flexibility index (Phi) is 50.7. The zero-order valence-electron chi connectivity index (χ0n) is 46.2. The van der Waals surface area contributed by atoms with Gasteiger partial charge in [-0.3, -0.25) is 9.59 Å². The average molecular weight is 934 g/mol. The highest BCUT2D eigenvalue weighted by molar-refractivity contribution is 5.76. The summed E-state index contributed by atoms with van der Waals surface area (Å²) >= 11 is 0. The number of carbonyl (C=O) groups excluding carboxylic acids is 2. The third kappa shape index (κ3) is 42.9. The van der Waals surface area contributed by atoms with Gasteiger partial charge in [0.2, 0.25) is 5.91 Å². The number of carbonyl (C=O) groups is 2. The Morgan fingerprint density at radius 1 is 0.379 bits per heavy atom. The fourth-order valence-corrected chi connectivity index (χ4v) is 9.70. The highest BCUT2D eigenvalue weighted by Gasteiger charge is 2.23. The van der Waals surface area contributed by atoms with Crippen LogP contribution in [0.1, 0.15) is 286 Å². The molecule has 1 saturated heterocycles. The van der Waals surface area contributed by atoms with E-state index in [0.29, 0.717) is 25.4 Å². The number of likely N-dealkylation sites (tertiary alicyclic amines) is 1. The Morgan fingerprint density at radius 2 is 0.742 bits per heavy atom. The van der Waals surface area contributed by atoms with Gasteiger partial charge in [-0.15, -0.1) is 0 Å². The van der Waals surface area contributed by atoms with Crippen molar-refractivity contribution in [3.63, 3.8) is 0 Å². The van der Waals surface area contributed by atoms with Gasteiger partial charge in [0.1, 0.15) is 0 Å². The van der Waals surface area contributed by atoms with E-state index >= 15 is 0 Å². The predicted octanol–water partition coefficient (Wildman–Crippen LogP) is 16.5. The lowest BCUT2D eigenvalue weighted by Crippen LogP contribution is -2.41.